The first-order chi connectivity index (χ1) is 13.6. The Morgan fingerprint density at radius 3 is 2.75 bits per heavy atom. The molecular formula is C22H23NO4S. The molecule has 1 N–H and O–H groups in total. The number of aliphatic carboxylic acids is 1. The topological polar surface area (TPSA) is 68.7 Å². The highest BCUT2D eigenvalue weighted by Crippen LogP contribution is 2.33. The van der Waals surface area contributed by atoms with E-state index in [2.05, 4.69) is 11.9 Å². The number of aromatic nitrogens is 1. The van der Waals surface area contributed by atoms with E-state index in [9.17, 15) is 9.90 Å². The number of carbonyl (C=O) groups is 1. The monoisotopic (exact) mass is 397 g/mol. The van der Waals surface area contributed by atoms with Gasteiger partial charge in [0.1, 0.15) is 5.01 Å². The normalized spacial score (nSPS) is 11.6. The SMILES string of the molecule is CCCCOc1cc(/C=C(\CC(=O)O)c2nc3ccccc3s2)ccc1OC. The molecular weight excluding hydrogens is 374 g/mol. The molecule has 0 saturated heterocycles. The number of benzene rings is 2. The van der Waals surface area contributed by atoms with Crippen molar-refractivity contribution < 1.29 is 19.4 Å². The van der Waals surface area contributed by atoms with Crippen LogP contribution in [0.4, 0.5) is 0 Å². The number of nitrogens with zero attached hydrogens (tertiary/aromatic N) is 1. The van der Waals surface area contributed by atoms with Gasteiger partial charge >= 0.3 is 5.97 Å². The second-order valence-corrected chi connectivity index (χ2v) is 7.37. The van der Waals surface area contributed by atoms with Crippen LogP contribution >= 0.6 is 11.3 Å². The lowest BCUT2D eigenvalue weighted by Crippen LogP contribution is -1.99. The van der Waals surface area contributed by atoms with Crippen LogP contribution in [0, 0.1) is 0 Å². The molecule has 0 bridgehead atoms. The molecule has 0 aliphatic carbocycles. The lowest BCUT2D eigenvalue weighted by Gasteiger charge is -2.11. The Hall–Kier alpha value is -2.86. The molecule has 3 aromatic rings. The molecule has 0 saturated carbocycles. The fourth-order valence-electron chi connectivity index (χ4n) is 2.78. The molecule has 1 heterocycles. The predicted molar refractivity (Wildman–Crippen MR) is 113 cm³/mol. The van der Waals surface area contributed by atoms with Crippen LogP contribution in [0.5, 0.6) is 11.5 Å². The van der Waals surface area contributed by atoms with Crippen molar-refractivity contribution in [2.45, 2.75) is 26.2 Å². The second kappa shape index (κ2) is 9.37. The number of methoxy groups -OCH3 is 1. The zero-order chi connectivity index (χ0) is 19.9. The maximum absolute atomic E-state index is 11.4. The van der Waals surface area contributed by atoms with Gasteiger partial charge in [0.25, 0.3) is 0 Å². The van der Waals surface area contributed by atoms with Gasteiger partial charge in [0.15, 0.2) is 11.5 Å². The second-order valence-electron chi connectivity index (χ2n) is 6.34. The van der Waals surface area contributed by atoms with E-state index in [1.165, 1.54) is 11.3 Å². The Bertz CT molecular complexity index is 960. The Labute approximate surface area is 168 Å². The number of rotatable bonds is 9. The highest BCUT2D eigenvalue weighted by atomic mass is 32.1. The number of thiazole rings is 1. The first kappa shape index (κ1) is 19.9. The van der Waals surface area contributed by atoms with E-state index < -0.39 is 5.97 Å². The van der Waals surface area contributed by atoms with Crippen LogP contribution in [-0.2, 0) is 4.79 Å². The number of unbranched alkanes of at least 4 members (excludes halogenated alkanes) is 1. The molecule has 6 heteroatoms. The summed E-state index contributed by atoms with van der Waals surface area (Å²) in [5.74, 6) is 0.426. The fourth-order valence-corrected chi connectivity index (χ4v) is 3.76. The minimum Gasteiger partial charge on any atom is -0.493 e. The van der Waals surface area contributed by atoms with E-state index >= 15 is 0 Å². The van der Waals surface area contributed by atoms with Gasteiger partial charge in [0.05, 0.1) is 30.4 Å². The molecule has 0 unspecified atom stereocenters. The number of ether oxygens (including phenoxy) is 2. The van der Waals surface area contributed by atoms with Gasteiger partial charge in [0.2, 0.25) is 0 Å². The maximum atomic E-state index is 11.4. The van der Waals surface area contributed by atoms with Crippen LogP contribution in [0.1, 0.15) is 36.8 Å². The van der Waals surface area contributed by atoms with Crippen molar-refractivity contribution in [1.29, 1.82) is 0 Å². The first-order valence-corrected chi connectivity index (χ1v) is 10.0. The van der Waals surface area contributed by atoms with Gasteiger partial charge in [-0.3, -0.25) is 4.79 Å². The summed E-state index contributed by atoms with van der Waals surface area (Å²) >= 11 is 1.50. The summed E-state index contributed by atoms with van der Waals surface area (Å²) in [6, 6.07) is 13.4. The van der Waals surface area contributed by atoms with E-state index in [1.54, 1.807) is 7.11 Å². The van der Waals surface area contributed by atoms with Crippen molar-refractivity contribution in [3.05, 3.63) is 53.0 Å². The lowest BCUT2D eigenvalue weighted by atomic mass is 10.1. The van der Waals surface area contributed by atoms with E-state index in [-0.39, 0.29) is 6.42 Å². The minimum atomic E-state index is -0.890. The molecule has 0 aliphatic rings. The van der Waals surface area contributed by atoms with Crippen LogP contribution in [0.2, 0.25) is 0 Å². The molecule has 0 amide bonds. The van der Waals surface area contributed by atoms with Crippen LogP contribution in [0.15, 0.2) is 42.5 Å². The number of para-hydroxylation sites is 1. The van der Waals surface area contributed by atoms with Crippen LogP contribution in [-0.4, -0.2) is 29.8 Å². The third-order valence-corrected chi connectivity index (χ3v) is 5.31. The Morgan fingerprint density at radius 2 is 2.04 bits per heavy atom. The number of carboxylic acids is 1. The van der Waals surface area contributed by atoms with E-state index in [1.807, 2.05) is 48.5 Å². The Kier molecular flexibility index (Phi) is 6.66. The van der Waals surface area contributed by atoms with Crippen LogP contribution < -0.4 is 9.47 Å². The van der Waals surface area contributed by atoms with Crippen LogP contribution in [0.3, 0.4) is 0 Å². The molecule has 0 atom stereocenters. The van der Waals surface area contributed by atoms with Gasteiger partial charge in [-0.2, -0.15) is 0 Å². The molecule has 146 valence electrons. The summed E-state index contributed by atoms with van der Waals surface area (Å²) in [6.07, 6.45) is 3.76. The van der Waals surface area contributed by atoms with Gasteiger partial charge in [0, 0.05) is 0 Å². The molecule has 0 radical (unpaired) electrons. The largest absolute Gasteiger partial charge is 0.493 e. The van der Waals surface area contributed by atoms with Gasteiger partial charge in [-0.05, 0) is 47.9 Å². The van der Waals surface area contributed by atoms with Gasteiger partial charge in [-0.15, -0.1) is 11.3 Å². The average Bonchev–Trinajstić information content (AvgIpc) is 3.12. The summed E-state index contributed by atoms with van der Waals surface area (Å²) in [5.41, 5.74) is 2.39. The van der Waals surface area contributed by atoms with Gasteiger partial charge in [-0.1, -0.05) is 31.5 Å². The van der Waals surface area contributed by atoms with Crippen molar-refractivity contribution in [3.63, 3.8) is 0 Å². The lowest BCUT2D eigenvalue weighted by molar-refractivity contribution is -0.135. The standard InChI is InChI=1S/C22H23NO4S/c1-3-4-11-27-19-13-15(9-10-18(19)26-2)12-16(14-21(24)25)22-23-17-7-5-6-8-20(17)28-22/h5-10,12-13H,3-4,11,14H2,1-2H3,(H,24,25)/b16-12+. The quantitative estimate of drug-likeness (QED) is 0.483. The third kappa shape index (κ3) is 4.89. The zero-order valence-electron chi connectivity index (χ0n) is 16.0. The molecule has 0 spiro atoms. The molecule has 2 aromatic carbocycles. The fraction of sp³-hybridized carbons (Fsp3) is 0.273. The zero-order valence-corrected chi connectivity index (χ0v) is 16.8. The van der Waals surface area contributed by atoms with E-state index in [0.29, 0.717) is 28.7 Å². The summed E-state index contributed by atoms with van der Waals surface area (Å²) in [4.78, 5) is 16.0. The average molecular weight is 397 g/mol. The Morgan fingerprint density at radius 1 is 1.21 bits per heavy atom. The molecule has 5 nitrogen and oxygen atoms in total. The Balaban J connectivity index is 1.97. The molecule has 0 fully saturated rings. The highest BCUT2D eigenvalue weighted by molar-refractivity contribution is 7.19. The number of carboxylic acid groups (broad SMARTS) is 1. The summed E-state index contributed by atoms with van der Waals surface area (Å²) < 4.78 is 12.3. The molecule has 1 aromatic heterocycles. The van der Waals surface area contributed by atoms with Crippen molar-refractivity contribution in [2.75, 3.05) is 13.7 Å². The van der Waals surface area contributed by atoms with E-state index in [4.69, 9.17) is 9.47 Å². The molecule has 3 rings (SSSR count). The smallest absolute Gasteiger partial charge is 0.307 e. The predicted octanol–water partition coefficient (Wildman–Crippen LogP) is 5.50. The third-order valence-electron chi connectivity index (χ3n) is 4.19. The van der Waals surface area contributed by atoms with Crippen molar-refractivity contribution in [3.8, 4) is 11.5 Å². The highest BCUT2D eigenvalue weighted by Gasteiger charge is 2.13. The summed E-state index contributed by atoms with van der Waals surface area (Å²) in [7, 11) is 1.61. The first-order valence-electron chi connectivity index (χ1n) is 9.20. The van der Waals surface area contributed by atoms with Crippen molar-refractivity contribution >= 4 is 39.2 Å². The van der Waals surface area contributed by atoms with Gasteiger partial charge in [-0.25, -0.2) is 4.98 Å². The molecule has 28 heavy (non-hydrogen) atoms. The minimum absolute atomic E-state index is 0.0993. The van der Waals surface area contributed by atoms with E-state index in [0.717, 1.165) is 28.6 Å². The van der Waals surface area contributed by atoms with Gasteiger partial charge < -0.3 is 14.6 Å². The number of hydrogen-bond acceptors (Lipinski definition) is 5. The van der Waals surface area contributed by atoms with Crippen molar-refractivity contribution in [1.82, 2.24) is 4.98 Å². The van der Waals surface area contributed by atoms with Crippen molar-refractivity contribution in [2.24, 2.45) is 0 Å². The maximum Gasteiger partial charge on any atom is 0.307 e. The summed E-state index contributed by atoms with van der Waals surface area (Å²) in [5, 5.41) is 10.1. The summed E-state index contributed by atoms with van der Waals surface area (Å²) in [6.45, 7) is 2.72. The molecule has 0 aliphatic heterocycles. The van der Waals surface area contributed by atoms with Crippen LogP contribution in [0.25, 0.3) is 21.9 Å². The number of hydrogen-bond donors (Lipinski definition) is 1. The number of fused-ring (bicyclic) bond motifs is 1.